The second-order valence-corrected chi connectivity index (χ2v) is 7.19. The van der Waals surface area contributed by atoms with E-state index in [2.05, 4.69) is 56.8 Å². The molecule has 4 rings (SSSR count). The predicted molar refractivity (Wildman–Crippen MR) is 115 cm³/mol. The van der Waals surface area contributed by atoms with Gasteiger partial charge in [-0.2, -0.15) is 0 Å². The van der Waals surface area contributed by atoms with Crippen LogP contribution < -0.4 is 16.1 Å². The number of aromatic nitrogens is 4. The van der Waals surface area contributed by atoms with Crippen LogP contribution in [-0.4, -0.2) is 49.7 Å². The molecule has 0 amide bonds. The van der Waals surface area contributed by atoms with Crippen LogP contribution in [0.5, 0.6) is 0 Å². The normalized spacial score (nSPS) is 11.5. The molecule has 0 aliphatic heterocycles. The van der Waals surface area contributed by atoms with Crippen molar-refractivity contribution in [3.63, 3.8) is 0 Å². The van der Waals surface area contributed by atoms with Crippen molar-refractivity contribution in [3.8, 4) is 0 Å². The largest absolute Gasteiger partial charge is 0.381 e. The second-order valence-electron chi connectivity index (χ2n) is 6.34. The number of benzene rings is 2. The number of rotatable bonds is 8. The summed E-state index contributed by atoms with van der Waals surface area (Å²) in [4.78, 5) is 14.7. The Bertz CT molecular complexity index is 1340. The van der Waals surface area contributed by atoms with Crippen LogP contribution in [0.1, 0.15) is 5.69 Å². The van der Waals surface area contributed by atoms with E-state index in [9.17, 15) is 19.7 Å². The lowest BCUT2D eigenvalue weighted by Gasteiger charge is -2.08. The van der Waals surface area contributed by atoms with E-state index in [0.717, 1.165) is 0 Å². The average Bonchev–Trinajstić information content (AvgIpc) is 3.47. The number of hydrogen-bond acceptors (Lipinski definition) is 12. The van der Waals surface area contributed by atoms with Gasteiger partial charge in [-0.05, 0) is 60.8 Å². The molecular weight excluding hydrogens is 509 g/mol. The number of hydrogen-bond donors (Lipinski definition) is 4. The van der Waals surface area contributed by atoms with Gasteiger partial charge in [0.2, 0.25) is 11.3 Å². The number of nitrogens with zero attached hydrogens (tertiary/aromatic N) is 6. The van der Waals surface area contributed by atoms with Gasteiger partial charge < -0.3 is 10.6 Å². The third-order valence-electron chi connectivity index (χ3n) is 4.29. The molecule has 0 aliphatic carbocycles. The first-order valence-corrected chi connectivity index (χ1v) is 9.91. The standard InChI is InChI=1S/C17H13BrFN9O5/c18-9-7-8(1-2-10(9)19)22-17(23-29)15-16(27-33-26-15)21-6-5-20-11-3-4-12(28(30)31)14-13(11)24-32-25-14/h1-4,7,20,29H,5-6H2,(H,21,27)(H,22,23). The Balaban J connectivity index is 1.43. The molecule has 170 valence electrons. The minimum absolute atomic E-state index is 0.0308. The second kappa shape index (κ2) is 9.53. The Morgan fingerprint density at radius 2 is 1.88 bits per heavy atom. The van der Waals surface area contributed by atoms with Crippen LogP contribution in [0.2, 0.25) is 0 Å². The molecular formula is C17H13BrFN9O5. The summed E-state index contributed by atoms with van der Waals surface area (Å²) in [6.45, 7) is 0.627. The van der Waals surface area contributed by atoms with Crippen molar-refractivity contribution in [2.75, 3.05) is 23.7 Å². The van der Waals surface area contributed by atoms with Crippen LogP contribution in [-0.2, 0) is 0 Å². The van der Waals surface area contributed by atoms with Crippen LogP contribution in [0.4, 0.5) is 27.3 Å². The van der Waals surface area contributed by atoms with Crippen molar-refractivity contribution < 1.29 is 23.8 Å². The molecule has 0 bridgehead atoms. The maximum absolute atomic E-state index is 13.4. The third-order valence-corrected chi connectivity index (χ3v) is 4.89. The lowest BCUT2D eigenvalue weighted by molar-refractivity contribution is -0.383. The number of nitro benzene ring substituents is 1. The van der Waals surface area contributed by atoms with Gasteiger partial charge in [-0.25, -0.2) is 18.6 Å². The quantitative estimate of drug-likeness (QED) is 0.0872. The Kier molecular flexibility index (Phi) is 6.36. The van der Waals surface area contributed by atoms with Gasteiger partial charge >= 0.3 is 5.69 Å². The summed E-state index contributed by atoms with van der Waals surface area (Å²) < 4.78 is 23.0. The number of anilines is 2. The fourth-order valence-electron chi connectivity index (χ4n) is 2.80. The highest BCUT2D eigenvalue weighted by Gasteiger charge is 2.20. The maximum atomic E-state index is 13.4. The van der Waals surface area contributed by atoms with Gasteiger partial charge in [-0.3, -0.25) is 20.8 Å². The van der Waals surface area contributed by atoms with Gasteiger partial charge in [0.1, 0.15) is 5.82 Å². The predicted octanol–water partition coefficient (Wildman–Crippen LogP) is 3.00. The first-order valence-electron chi connectivity index (χ1n) is 9.12. The molecule has 4 aromatic rings. The Hall–Kier alpha value is -4.18. The van der Waals surface area contributed by atoms with Gasteiger partial charge in [0.25, 0.3) is 0 Å². The molecule has 14 nitrogen and oxygen atoms in total. The fourth-order valence-corrected chi connectivity index (χ4v) is 3.16. The molecule has 33 heavy (non-hydrogen) atoms. The maximum Gasteiger partial charge on any atom is 0.300 e. The van der Waals surface area contributed by atoms with Crippen molar-refractivity contribution in [2.24, 2.45) is 4.99 Å². The van der Waals surface area contributed by atoms with Gasteiger partial charge in [0, 0.05) is 19.2 Å². The van der Waals surface area contributed by atoms with Crippen LogP contribution in [0.15, 0.2) is 49.1 Å². The minimum atomic E-state index is -0.573. The molecule has 0 unspecified atom stereocenters. The third kappa shape index (κ3) is 4.70. The number of amidine groups is 1. The topological polar surface area (TPSA) is 190 Å². The summed E-state index contributed by atoms with van der Waals surface area (Å²) in [5.74, 6) is -0.372. The molecule has 4 N–H and O–H groups in total. The summed E-state index contributed by atoms with van der Waals surface area (Å²) in [6.07, 6.45) is 0. The van der Waals surface area contributed by atoms with Crippen molar-refractivity contribution in [2.45, 2.75) is 0 Å². The molecule has 0 spiro atoms. The highest BCUT2D eigenvalue weighted by Crippen LogP contribution is 2.28. The van der Waals surface area contributed by atoms with Crippen LogP contribution >= 0.6 is 15.9 Å². The molecule has 16 heteroatoms. The zero-order valence-corrected chi connectivity index (χ0v) is 17.9. The lowest BCUT2D eigenvalue weighted by atomic mass is 10.2. The summed E-state index contributed by atoms with van der Waals surface area (Å²) in [6, 6.07) is 6.83. The zero-order chi connectivity index (χ0) is 23.4. The molecule has 2 aromatic heterocycles. The number of nitro groups is 1. The Morgan fingerprint density at radius 3 is 2.64 bits per heavy atom. The van der Waals surface area contributed by atoms with E-state index < -0.39 is 10.7 Å². The molecule has 0 fully saturated rings. The number of halogens is 2. The first kappa shape index (κ1) is 22.0. The van der Waals surface area contributed by atoms with E-state index in [1.165, 1.54) is 30.3 Å². The average molecular weight is 522 g/mol. The van der Waals surface area contributed by atoms with Gasteiger partial charge in [-0.1, -0.05) is 0 Å². The molecule has 0 radical (unpaired) electrons. The van der Waals surface area contributed by atoms with E-state index in [4.69, 9.17) is 4.63 Å². The summed E-state index contributed by atoms with van der Waals surface area (Å²) in [7, 11) is 0. The van der Waals surface area contributed by atoms with Crippen molar-refractivity contribution in [3.05, 3.63) is 56.4 Å². The SMILES string of the molecule is O=[N+]([O-])c1ccc(NCCNc2nonc2C(=Nc2ccc(F)c(Br)c2)NO)c2nonc12. The van der Waals surface area contributed by atoms with Gasteiger partial charge in [0.05, 0.1) is 20.8 Å². The first-order chi connectivity index (χ1) is 16.0. The van der Waals surface area contributed by atoms with E-state index in [0.29, 0.717) is 24.5 Å². The van der Waals surface area contributed by atoms with Gasteiger partial charge in [-0.15, -0.1) is 0 Å². The van der Waals surface area contributed by atoms with Crippen LogP contribution in [0.25, 0.3) is 11.0 Å². The Labute approximate surface area is 191 Å². The number of non-ortho nitro benzene ring substituents is 1. The molecule has 2 aromatic carbocycles. The smallest absolute Gasteiger partial charge is 0.300 e. The Morgan fingerprint density at radius 1 is 1.12 bits per heavy atom. The number of hydroxylamine groups is 1. The number of fused-ring (bicyclic) bond motifs is 1. The highest BCUT2D eigenvalue weighted by molar-refractivity contribution is 9.10. The molecule has 0 saturated heterocycles. The summed E-state index contributed by atoms with van der Waals surface area (Å²) in [5.41, 5.74) is 2.85. The highest BCUT2D eigenvalue weighted by atomic mass is 79.9. The van der Waals surface area contributed by atoms with E-state index in [1.807, 2.05) is 5.48 Å². The number of aliphatic imine (C=N–C) groups is 1. The molecule has 0 aliphatic rings. The summed E-state index contributed by atoms with van der Waals surface area (Å²) in [5, 5.41) is 41.3. The van der Waals surface area contributed by atoms with Gasteiger partial charge in [0.15, 0.2) is 17.0 Å². The van der Waals surface area contributed by atoms with Crippen molar-refractivity contribution in [1.29, 1.82) is 0 Å². The monoisotopic (exact) mass is 521 g/mol. The zero-order valence-electron chi connectivity index (χ0n) is 16.3. The van der Waals surface area contributed by atoms with Crippen LogP contribution in [0, 0.1) is 15.9 Å². The number of nitrogens with one attached hydrogen (secondary N) is 3. The summed E-state index contributed by atoms with van der Waals surface area (Å²) >= 11 is 3.07. The minimum Gasteiger partial charge on any atom is -0.381 e. The fraction of sp³-hybridized carbons (Fsp3) is 0.118. The van der Waals surface area contributed by atoms with E-state index in [1.54, 1.807) is 0 Å². The van der Waals surface area contributed by atoms with Crippen molar-refractivity contribution in [1.82, 2.24) is 26.1 Å². The van der Waals surface area contributed by atoms with Crippen LogP contribution in [0.3, 0.4) is 0 Å². The lowest BCUT2D eigenvalue weighted by Crippen LogP contribution is -2.23. The van der Waals surface area contributed by atoms with E-state index >= 15 is 0 Å². The van der Waals surface area contributed by atoms with E-state index in [-0.39, 0.29) is 38.5 Å². The molecule has 0 atom stereocenters. The van der Waals surface area contributed by atoms with Crippen molar-refractivity contribution >= 4 is 55.7 Å². The molecule has 0 saturated carbocycles. The molecule has 2 heterocycles.